The molecular formula is C13H14N6S. The van der Waals surface area contributed by atoms with E-state index in [2.05, 4.69) is 49.8 Å². The lowest BCUT2D eigenvalue weighted by molar-refractivity contribution is 0.715. The van der Waals surface area contributed by atoms with Crippen molar-refractivity contribution in [3.8, 4) is 11.5 Å². The van der Waals surface area contributed by atoms with Gasteiger partial charge < -0.3 is 0 Å². The van der Waals surface area contributed by atoms with Crippen LogP contribution in [0.4, 0.5) is 0 Å². The Hall–Kier alpha value is -2.15. The molecule has 20 heavy (non-hydrogen) atoms. The summed E-state index contributed by atoms with van der Waals surface area (Å²) in [4.78, 5) is 4.42. The lowest BCUT2D eigenvalue weighted by atomic mass is 10.2. The molecule has 1 aromatic carbocycles. The van der Waals surface area contributed by atoms with Crippen molar-refractivity contribution in [1.82, 2.24) is 30.2 Å². The summed E-state index contributed by atoms with van der Waals surface area (Å²) in [6.45, 7) is 0. The Kier molecular flexibility index (Phi) is 3.78. The van der Waals surface area contributed by atoms with E-state index in [4.69, 9.17) is 0 Å². The molecule has 1 N–H and O–H groups in total. The number of aromatic amines is 1. The van der Waals surface area contributed by atoms with Crippen LogP contribution in [0.5, 0.6) is 0 Å². The van der Waals surface area contributed by atoms with Gasteiger partial charge in [0.2, 0.25) is 5.82 Å². The van der Waals surface area contributed by atoms with Gasteiger partial charge in [-0.05, 0) is 5.56 Å². The number of hydrogen-bond acceptors (Lipinski definition) is 5. The van der Waals surface area contributed by atoms with Crippen LogP contribution >= 0.6 is 11.8 Å². The SMILES string of the molecule is Cn1cc(-c2n[nH]c(CSCc3ccccc3)n2)nn1. The Morgan fingerprint density at radius 3 is 2.80 bits per heavy atom. The molecule has 3 rings (SSSR count). The third-order valence-corrected chi connectivity index (χ3v) is 3.73. The fraction of sp³-hybridized carbons (Fsp3) is 0.231. The van der Waals surface area contributed by atoms with Crippen LogP contribution in [0, 0.1) is 0 Å². The lowest BCUT2D eigenvalue weighted by Crippen LogP contribution is -1.86. The zero-order valence-corrected chi connectivity index (χ0v) is 11.8. The van der Waals surface area contributed by atoms with Crippen LogP contribution < -0.4 is 0 Å². The number of aryl methyl sites for hydroxylation is 1. The van der Waals surface area contributed by atoms with Gasteiger partial charge in [0.05, 0.1) is 11.9 Å². The summed E-state index contributed by atoms with van der Waals surface area (Å²) < 4.78 is 1.63. The minimum atomic E-state index is 0.591. The van der Waals surface area contributed by atoms with E-state index in [-0.39, 0.29) is 0 Å². The second-order valence-electron chi connectivity index (χ2n) is 4.36. The molecule has 6 nitrogen and oxygen atoms in total. The van der Waals surface area contributed by atoms with Crippen molar-refractivity contribution >= 4 is 11.8 Å². The van der Waals surface area contributed by atoms with E-state index in [1.165, 1.54) is 5.56 Å². The normalized spacial score (nSPS) is 10.8. The van der Waals surface area contributed by atoms with Gasteiger partial charge in [-0.3, -0.25) is 9.78 Å². The molecule has 2 aromatic heterocycles. The van der Waals surface area contributed by atoms with Crippen LogP contribution in [-0.4, -0.2) is 30.2 Å². The molecule has 102 valence electrons. The third kappa shape index (κ3) is 3.05. The molecule has 0 unspecified atom stereocenters. The van der Waals surface area contributed by atoms with Crippen LogP contribution in [-0.2, 0) is 18.6 Å². The lowest BCUT2D eigenvalue weighted by Gasteiger charge is -1.98. The van der Waals surface area contributed by atoms with Crippen molar-refractivity contribution in [2.24, 2.45) is 7.05 Å². The number of rotatable bonds is 5. The number of thioether (sulfide) groups is 1. The maximum absolute atomic E-state index is 4.42. The predicted molar refractivity (Wildman–Crippen MR) is 77.8 cm³/mol. The number of nitrogens with one attached hydrogen (secondary N) is 1. The molecular weight excluding hydrogens is 272 g/mol. The van der Waals surface area contributed by atoms with Gasteiger partial charge in [0.1, 0.15) is 5.82 Å². The zero-order valence-electron chi connectivity index (χ0n) is 11.0. The second-order valence-corrected chi connectivity index (χ2v) is 5.35. The van der Waals surface area contributed by atoms with Gasteiger partial charge in [-0.2, -0.15) is 5.10 Å². The molecule has 0 amide bonds. The predicted octanol–water partition coefficient (Wildman–Crippen LogP) is 2.03. The Morgan fingerprint density at radius 2 is 2.05 bits per heavy atom. The highest BCUT2D eigenvalue weighted by Gasteiger charge is 2.09. The van der Waals surface area contributed by atoms with Gasteiger partial charge in [-0.15, -0.1) is 16.9 Å². The second kappa shape index (κ2) is 5.87. The molecule has 0 fully saturated rings. The standard InChI is InChI=1S/C13H14N6S/c1-19-7-11(15-18-19)13-14-12(16-17-13)9-20-8-10-5-3-2-4-6-10/h2-7H,8-9H2,1H3,(H,14,16,17). The summed E-state index contributed by atoms with van der Waals surface area (Å²) in [6, 6.07) is 10.4. The zero-order chi connectivity index (χ0) is 13.8. The van der Waals surface area contributed by atoms with Crippen LogP contribution in [0.1, 0.15) is 11.4 Å². The first-order chi connectivity index (χ1) is 9.81. The average molecular weight is 286 g/mol. The van der Waals surface area contributed by atoms with Crippen molar-refractivity contribution < 1.29 is 0 Å². The minimum Gasteiger partial charge on any atom is -0.262 e. The molecule has 0 aliphatic rings. The summed E-state index contributed by atoms with van der Waals surface area (Å²) in [5.74, 6) is 3.20. The van der Waals surface area contributed by atoms with Crippen molar-refractivity contribution in [1.29, 1.82) is 0 Å². The molecule has 7 heteroatoms. The topological polar surface area (TPSA) is 72.3 Å². The molecule has 0 saturated heterocycles. The van der Waals surface area contributed by atoms with Crippen LogP contribution in [0.2, 0.25) is 0 Å². The van der Waals surface area contributed by atoms with Crippen molar-refractivity contribution in [2.75, 3.05) is 0 Å². The molecule has 0 aliphatic heterocycles. The Labute approximate surface area is 120 Å². The number of H-pyrrole nitrogens is 1. The van der Waals surface area contributed by atoms with Crippen molar-refractivity contribution in [3.05, 3.63) is 47.9 Å². The summed E-state index contributed by atoms with van der Waals surface area (Å²) in [6.07, 6.45) is 1.80. The summed E-state index contributed by atoms with van der Waals surface area (Å²) in [5, 5.41) is 15.0. The molecule has 2 heterocycles. The average Bonchev–Trinajstić information content (AvgIpc) is 3.09. The van der Waals surface area contributed by atoms with E-state index < -0.39 is 0 Å². The monoisotopic (exact) mass is 286 g/mol. The van der Waals surface area contributed by atoms with Gasteiger partial charge in [-0.25, -0.2) is 4.98 Å². The van der Waals surface area contributed by atoms with E-state index >= 15 is 0 Å². The summed E-state index contributed by atoms with van der Waals surface area (Å²) >= 11 is 1.80. The van der Waals surface area contributed by atoms with Crippen molar-refractivity contribution in [3.63, 3.8) is 0 Å². The first-order valence-corrected chi connectivity index (χ1v) is 7.36. The quantitative estimate of drug-likeness (QED) is 0.777. The fourth-order valence-corrected chi connectivity index (χ4v) is 2.62. The number of nitrogens with zero attached hydrogens (tertiary/aromatic N) is 5. The minimum absolute atomic E-state index is 0.591. The molecule has 0 atom stereocenters. The molecule has 0 bridgehead atoms. The molecule has 0 radical (unpaired) electrons. The van der Waals surface area contributed by atoms with E-state index in [0.29, 0.717) is 11.5 Å². The highest BCUT2D eigenvalue weighted by Crippen LogP contribution is 2.17. The van der Waals surface area contributed by atoms with Gasteiger partial charge in [0.15, 0.2) is 5.69 Å². The largest absolute Gasteiger partial charge is 0.262 e. The van der Waals surface area contributed by atoms with Crippen molar-refractivity contribution in [2.45, 2.75) is 11.5 Å². The van der Waals surface area contributed by atoms with Gasteiger partial charge in [0, 0.05) is 12.8 Å². The van der Waals surface area contributed by atoms with Crippen LogP contribution in [0.25, 0.3) is 11.5 Å². The Bertz CT molecular complexity index is 675. The molecule has 0 spiro atoms. The molecule has 3 aromatic rings. The number of aromatic nitrogens is 6. The number of benzene rings is 1. The smallest absolute Gasteiger partial charge is 0.203 e. The van der Waals surface area contributed by atoms with Crippen LogP contribution in [0.3, 0.4) is 0 Å². The number of hydrogen-bond donors (Lipinski definition) is 1. The first-order valence-electron chi connectivity index (χ1n) is 6.21. The van der Waals surface area contributed by atoms with Crippen LogP contribution in [0.15, 0.2) is 36.5 Å². The molecule has 0 aliphatic carbocycles. The molecule has 0 saturated carbocycles. The fourth-order valence-electron chi connectivity index (χ4n) is 1.76. The van der Waals surface area contributed by atoms with Gasteiger partial charge >= 0.3 is 0 Å². The highest BCUT2D eigenvalue weighted by molar-refractivity contribution is 7.97. The highest BCUT2D eigenvalue weighted by atomic mass is 32.2. The maximum Gasteiger partial charge on any atom is 0.203 e. The van der Waals surface area contributed by atoms with E-state index in [1.807, 2.05) is 13.1 Å². The maximum atomic E-state index is 4.42. The third-order valence-electron chi connectivity index (χ3n) is 2.71. The summed E-state index contributed by atoms with van der Waals surface area (Å²) in [7, 11) is 1.82. The van der Waals surface area contributed by atoms with Gasteiger partial charge in [0.25, 0.3) is 0 Å². The van der Waals surface area contributed by atoms with E-state index in [9.17, 15) is 0 Å². The summed E-state index contributed by atoms with van der Waals surface area (Å²) in [5.41, 5.74) is 1.99. The van der Waals surface area contributed by atoms with E-state index in [1.54, 1.807) is 22.6 Å². The first kappa shape index (κ1) is 12.9. The van der Waals surface area contributed by atoms with Gasteiger partial charge in [-0.1, -0.05) is 35.5 Å². The van der Waals surface area contributed by atoms with E-state index in [0.717, 1.165) is 17.3 Å². The Morgan fingerprint density at radius 1 is 1.20 bits per heavy atom. The Balaban J connectivity index is 1.58.